The van der Waals surface area contributed by atoms with Gasteiger partial charge in [-0.2, -0.15) is 0 Å². The fourth-order valence-electron chi connectivity index (χ4n) is 1.96. The average Bonchev–Trinajstić information content (AvgIpc) is 2.18. The average molecular weight is 219 g/mol. The molecule has 0 unspecified atom stereocenters. The molecule has 1 saturated carbocycles. The van der Waals surface area contributed by atoms with Gasteiger partial charge in [0.15, 0.2) is 0 Å². The van der Waals surface area contributed by atoms with Gasteiger partial charge < -0.3 is 10.5 Å². The van der Waals surface area contributed by atoms with Gasteiger partial charge in [-0.3, -0.25) is 0 Å². The van der Waals surface area contributed by atoms with Crippen LogP contribution in [0.15, 0.2) is 18.2 Å². The molecule has 1 aromatic carbocycles. The predicted octanol–water partition coefficient (Wildman–Crippen LogP) is 2.71. The fraction of sp³-hybridized carbons (Fsp3) is 0.462. The van der Waals surface area contributed by atoms with Gasteiger partial charge in [-0.15, -0.1) is 0 Å². The number of hydrogen-bond donors (Lipinski definition) is 1. The number of ether oxygens (including phenoxy) is 1. The van der Waals surface area contributed by atoms with Crippen LogP contribution in [0.1, 0.15) is 48.0 Å². The highest BCUT2D eigenvalue weighted by atomic mass is 16.5. The maximum Gasteiger partial charge on any atom is 0.340 e. The minimum atomic E-state index is -0.318. The zero-order valence-corrected chi connectivity index (χ0v) is 9.53. The second-order valence-electron chi connectivity index (χ2n) is 4.19. The molecule has 86 valence electrons. The van der Waals surface area contributed by atoms with E-state index >= 15 is 0 Å². The minimum Gasteiger partial charge on any atom is -0.462 e. The standard InChI is InChI=1S/C13H17NO2/c1-2-16-13(15)11-8-10(6-7-12(11)14)9-4-3-5-9/h6-9H,2-5,14H2,1H3. The Morgan fingerprint density at radius 1 is 1.50 bits per heavy atom. The third-order valence-electron chi connectivity index (χ3n) is 3.15. The van der Waals surface area contributed by atoms with E-state index in [4.69, 9.17) is 10.5 Å². The van der Waals surface area contributed by atoms with E-state index < -0.39 is 0 Å². The van der Waals surface area contributed by atoms with Crippen LogP contribution in [0.25, 0.3) is 0 Å². The van der Waals surface area contributed by atoms with Gasteiger partial charge in [0.25, 0.3) is 0 Å². The first-order valence-electron chi connectivity index (χ1n) is 5.79. The van der Waals surface area contributed by atoms with Crippen molar-refractivity contribution in [2.45, 2.75) is 32.1 Å². The molecule has 0 spiro atoms. The van der Waals surface area contributed by atoms with Crippen molar-refractivity contribution in [3.05, 3.63) is 29.3 Å². The molecule has 1 aliphatic carbocycles. The Morgan fingerprint density at radius 3 is 2.81 bits per heavy atom. The summed E-state index contributed by atoms with van der Waals surface area (Å²) in [6, 6.07) is 5.71. The molecule has 0 heterocycles. The van der Waals surface area contributed by atoms with Crippen molar-refractivity contribution in [1.82, 2.24) is 0 Å². The summed E-state index contributed by atoms with van der Waals surface area (Å²) < 4.78 is 4.98. The number of rotatable bonds is 3. The molecule has 0 aliphatic heterocycles. The first-order valence-corrected chi connectivity index (χ1v) is 5.79. The second-order valence-corrected chi connectivity index (χ2v) is 4.19. The van der Waals surface area contributed by atoms with Gasteiger partial charge in [0.2, 0.25) is 0 Å². The van der Waals surface area contributed by atoms with Gasteiger partial charge in [-0.25, -0.2) is 4.79 Å². The number of hydrogen-bond acceptors (Lipinski definition) is 3. The lowest BCUT2D eigenvalue weighted by molar-refractivity contribution is 0.0527. The number of carbonyl (C=O) groups is 1. The molecular formula is C13H17NO2. The zero-order valence-electron chi connectivity index (χ0n) is 9.53. The highest BCUT2D eigenvalue weighted by molar-refractivity contribution is 5.95. The predicted molar refractivity (Wildman–Crippen MR) is 63.4 cm³/mol. The van der Waals surface area contributed by atoms with E-state index in [0.29, 0.717) is 23.8 Å². The van der Waals surface area contributed by atoms with Crippen LogP contribution in [-0.2, 0) is 4.74 Å². The summed E-state index contributed by atoms with van der Waals surface area (Å²) in [5.41, 5.74) is 8.00. The van der Waals surface area contributed by atoms with Crippen LogP contribution in [0, 0.1) is 0 Å². The molecule has 0 radical (unpaired) electrons. The molecule has 2 N–H and O–H groups in total. The molecule has 0 saturated heterocycles. The Bertz CT molecular complexity index is 397. The van der Waals surface area contributed by atoms with Crippen molar-refractivity contribution in [3.63, 3.8) is 0 Å². The Balaban J connectivity index is 2.24. The van der Waals surface area contributed by atoms with Crippen LogP contribution in [0.2, 0.25) is 0 Å². The minimum absolute atomic E-state index is 0.318. The van der Waals surface area contributed by atoms with E-state index in [2.05, 4.69) is 0 Å². The smallest absolute Gasteiger partial charge is 0.340 e. The van der Waals surface area contributed by atoms with Crippen LogP contribution in [0.4, 0.5) is 5.69 Å². The molecule has 2 rings (SSSR count). The molecule has 3 heteroatoms. The third kappa shape index (κ3) is 2.03. The summed E-state index contributed by atoms with van der Waals surface area (Å²) in [5, 5.41) is 0. The summed E-state index contributed by atoms with van der Waals surface area (Å²) in [4.78, 5) is 11.6. The first kappa shape index (κ1) is 11.0. The van der Waals surface area contributed by atoms with Crippen LogP contribution in [0.5, 0.6) is 0 Å². The maximum absolute atomic E-state index is 11.6. The molecule has 16 heavy (non-hydrogen) atoms. The van der Waals surface area contributed by atoms with Crippen molar-refractivity contribution in [2.75, 3.05) is 12.3 Å². The molecule has 0 atom stereocenters. The van der Waals surface area contributed by atoms with Gasteiger partial charge in [-0.05, 0) is 43.4 Å². The summed E-state index contributed by atoms with van der Waals surface area (Å²) in [6.07, 6.45) is 3.71. The normalized spacial score (nSPS) is 15.6. The van der Waals surface area contributed by atoms with Crippen LogP contribution in [0.3, 0.4) is 0 Å². The van der Waals surface area contributed by atoms with E-state index in [1.54, 1.807) is 13.0 Å². The number of nitrogen functional groups attached to an aromatic ring is 1. The molecule has 1 aromatic rings. The monoisotopic (exact) mass is 219 g/mol. The molecule has 0 amide bonds. The summed E-state index contributed by atoms with van der Waals surface area (Å²) in [7, 11) is 0. The van der Waals surface area contributed by atoms with Crippen molar-refractivity contribution >= 4 is 11.7 Å². The van der Waals surface area contributed by atoms with E-state index in [1.807, 2.05) is 12.1 Å². The van der Waals surface area contributed by atoms with Crippen molar-refractivity contribution in [2.24, 2.45) is 0 Å². The number of carbonyl (C=O) groups excluding carboxylic acids is 1. The highest BCUT2D eigenvalue weighted by Crippen LogP contribution is 2.37. The highest BCUT2D eigenvalue weighted by Gasteiger charge is 2.21. The van der Waals surface area contributed by atoms with E-state index in [1.165, 1.54) is 24.8 Å². The van der Waals surface area contributed by atoms with E-state index in [0.717, 1.165) is 0 Å². The Hall–Kier alpha value is -1.51. The lowest BCUT2D eigenvalue weighted by Gasteiger charge is -2.26. The molecule has 0 bridgehead atoms. The molecule has 0 aromatic heterocycles. The van der Waals surface area contributed by atoms with Gasteiger partial charge in [0.1, 0.15) is 0 Å². The fourth-order valence-corrected chi connectivity index (χ4v) is 1.96. The van der Waals surface area contributed by atoms with Gasteiger partial charge in [-0.1, -0.05) is 12.5 Å². The number of nitrogens with two attached hydrogens (primary N) is 1. The van der Waals surface area contributed by atoms with Gasteiger partial charge >= 0.3 is 5.97 Å². The lowest BCUT2D eigenvalue weighted by Crippen LogP contribution is -2.12. The topological polar surface area (TPSA) is 52.3 Å². The number of benzene rings is 1. The maximum atomic E-state index is 11.6. The van der Waals surface area contributed by atoms with Crippen molar-refractivity contribution in [3.8, 4) is 0 Å². The number of anilines is 1. The van der Waals surface area contributed by atoms with Gasteiger partial charge in [0, 0.05) is 5.69 Å². The van der Waals surface area contributed by atoms with Gasteiger partial charge in [0.05, 0.1) is 12.2 Å². The molecule has 1 fully saturated rings. The Kier molecular flexibility index (Phi) is 3.13. The summed E-state index contributed by atoms with van der Waals surface area (Å²) >= 11 is 0. The second kappa shape index (κ2) is 4.56. The lowest BCUT2D eigenvalue weighted by atomic mass is 9.79. The zero-order chi connectivity index (χ0) is 11.5. The van der Waals surface area contributed by atoms with E-state index in [9.17, 15) is 4.79 Å². The van der Waals surface area contributed by atoms with Crippen molar-refractivity contribution < 1.29 is 9.53 Å². The van der Waals surface area contributed by atoms with Crippen LogP contribution >= 0.6 is 0 Å². The SMILES string of the molecule is CCOC(=O)c1cc(C2CCC2)ccc1N. The largest absolute Gasteiger partial charge is 0.462 e. The molecule has 3 nitrogen and oxygen atoms in total. The summed E-state index contributed by atoms with van der Waals surface area (Å²) in [5.74, 6) is 0.287. The van der Waals surface area contributed by atoms with Crippen LogP contribution in [-0.4, -0.2) is 12.6 Å². The van der Waals surface area contributed by atoms with E-state index in [-0.39, 0.29) is 5.97 Å². The third-order valence-corrected chi connectivity index (χ3v) is 3.15. The van der Waals surface area contributed by atoms with Crippen LogP contribution < -0.4 is 5.73 Å². The Morgan fingerprint density at radius 2 is 2.25 bits per heavy atom. The number of esters is 1. The molecular weight excluding hydrogens is 202 g/mol. The Labute approximate surface area is 95.6 Å². The molecule has 1 aliphatic rings. The van der Waals surface area contributed by atoms with Crippen molar-refractivity contribution in [1.29, 1.82) is 0 Å². The first-order chi connectivity index (χ1) is 7.72. The quantitative estimate of drug-likeness (QED) is 0.628. The summed E-state index contributed by atoms with van der Waals surface area (Å²) in [6.45, 7) is 2.18.